The van der Waals surface area contributed by atoms with Gasteiger partial charge < -0.3 is 9.84 Å². The lowest BCUT2D eigenvalue weighted by atomic mass is 9.83. The van der Waals surface area contributed by atoms with Gasteiger partial charge in [0.05, 0.1) is 6.42 Å². The molecule has 0 bridgehead atoms. The van der Waals surface area contributed by atoms with Gasteiger partial charge in [0, 0.05) is 41.8 Å². The summed E-state index contributed by atoms with van der Waals surface area (Å²) in [5.74, 6) is -1.04. The first-order valence-electron chi connectivity index (χ1n) is 12.8. The molecule has 0 aliphatic heterocycles. The number of anilines is 1. The Hall–Kier alpha value is -3.09. The predicted octanol–water partition coefficient (Wildman–Crippen LogP) is 7.36. The van der Waals surface area contributed by atoms with Crippen molar-refractivity contribution in [1.82, 2.24) is 10.1 Å². The maximum atomic E-state index is 13.3. The van der Waals surface area contributed by atoms with Crippen molar-refractivity contribution in [3.63, 3.8) is 0 Å². The lowest BCUT2D eigenvalue weighted by molar-refractivity contribution is -0.115. The summed E-state index contributed by atoms with van der Waals surface area (Å²) in [5.41, 5.74) is 3.81. The third kappa shape index (κ3) is 7.21. The highest BCUT2D eigenvalue weighted by atomic mass is 19.3. The Bertz CT molecular complexity index is 1140. The summed E-state index contributed by atoms with van der Waals surface area (Å²) in [4.78, 5) is 17.0. The van der Waals surface area contributed by atoms with Gasteiger partial charge in [0.2, 0.25) is 11.8 Å². The number of carbonyl (C=O) groups is 1. The van der Waals surface area contributed by atoms with Gasteiger partial charge in [-0.2, -0.15) is 0 Å². The fourth-order valence-corrected chi connectivity index (χ4v) is 4.58. The molecule has 3 aromatic rings. The fraction of sp³-hybridized carbons (Fsp3) is 0.483. The number of aryl methyl sites for hydroxylation is 1. The number of carbonyl (C=O) groups excluding carboxylic acids is 1. The molecule has 1 saturated carbocycles. The summed E-state index contributed by atoms with van der Waals surface area (Å²) in [7, 11) is 0. The van der Waals surface area contributed by atoms with Crippen molar-refractivity contribution in [2.45, 2.75) is 83.5 Å². The smallest absolute Gasteiger partial charge is 0.248 e. The second kappa shape index (κ2) is 10.9. The molecule has 1 aliphatic carbocycles. The largest absolute Gasteiger partial charge is 0.359 e. The van der Waals surface area contributed by atoms with Gasteiger partial charge in [0.1, 0.15) is 5.76 Å². The Balaban J connectivity index is 1.24. The van der Waals surface area contributed by atoms with Gasteiger partial charge in [-0.25, -0.2) is 8.78 Å². The van der Waals surface area contributed by atoms with Crippen LogP contribution in [0.3, 0.4) is 0 Å². The van der Waals surface area contributed by atoms with Crippen molar-refractivity contribution in [1.29, 1.82) is 0 Å². The van der Waals surface area contributed by atoms with E-state index in [1.54, 1.807) is 6.07 Å². The average Bonchev–Trinajstić information content (AvgIpc) is 3.30. The van der Waals surface area contributed by atoms with E-state index in [0.29, 0.717) is 24.6 Å². The van der Waals surface area contributed by atoms with Crippen LogP contribution in [0.1, 0.15) is 76.3 Å². The summed E-state index contributed by atoms with van der Waals surface area (Å²) in [6, 6.07) is 13.7. The molecule has 36 heavy (non-hydrogen) atoms. The van der Waals surface area contributed by atoms with E-state index >= 15 is 0 Å². The molecule has 1 N–H and O–H groups in total. The van der Waals surface area contributed by atoms with E-state index in [2.05, 4.69) is 21.5 Å². The maximum Gasteiger partial charge on any atom is 0.248 e. The van der Waals surface area contributed by atoms with Gasteiger partial charge in [-0.05, 0) is 48.8 Å². The third-order valence-electron chi connectivity index (χ3n) is 6.88. The van der Waals surface area contributed by atoms with E-state index in [1.807, 2.05) is 57.3 Å². The van der Waals surface area contributed by atoms with Gasteiger partial charge in [-0.15, -0.1) is 0 Å². The number of nitrogens with one attached hydrogen (secondary N) is 1. The molecular formula is C29H35F2N3O2. The van der Waals surface area contributed by atoms with Crippen molar-refractivity contribution in [2.75, 3.05) is 5.32 Å². The second-order valence-electron chi connectivity index (χ2n) is 11.0. The number of amides is 1. The number of pyridine rings is 1. The van der Waals surface area contributed by atoms with E-state index in [4.69, 9.17) is 4.52 Å². The van der Waals surface area contributed by atoms with Gasteiger partial charge in [-0.1, -0.05) is 62.7 Å². The molecule has 2 heterocycles. The monoisotopic (exact) mass is 495 g/mol. The Kier molecular flexibility index (Phi) is 7.86. The van der Waals surface area contributed by atoms with Crippen LogP contribution in [0.25, 0.3) is 11.1 Å². The third-order valence-corrected chi connectivity index (χ3v) is 6.88. The van der Waals surface area contributed by atoms with Crippen LogP contribution in [0.4, 0.5) is 14.6 Å². The zero-order valence-electron chi connectivity index (χ0n) is 21.3. The SMILES string of the molecule is CC(C)(C)c1cc(NC(=O)Cc2ccc(-c3ccc(CCCC4CCC(F)(F)CC4)nc3)cc2)no1. The molecule has 0 saturated heterocycles. The first kappa shape index (κ1) is 26.0. The van der Waals surface area contributed by atoms with Crippen LogP contribution >= 0.6 is 0 Å². The van der Waals surface area contributed by atoms with Crippen molar-refractivity contribution in [3.8, 4) is 11.1 Å². The number of rotatable bonds is 8. The number of halogens is 2. The zero-order valence-corrected chi connectivity index (χ0v) is 21.3. The van der Waals surface area contributed by atoms with Crippen molar-refractivity contribution >= 4 is 11.7 Å². The quantitative estimate of drug-likeness (QED) is 0.354. The summed E-state index contributed by atoms with van der Waals surface area (Å²) in [6.45, 7) is 6.07. The lowest BCUT2D eigenvalue weighted by Crippen LogP contribution is -2.24. The number of nitrogens with zero attached hydrogens (tertiary/aromatic N) is 2. The Labute approximate surface area is 211 Å². The molecule has 1 fully saturated rings. The minimum absolute atomic E-state index is 0.0357. The Morgan fingerprint density at radius 3 is 2.39 bits per heavy atom. The summed E-state index contributed by atoms with van der Waals surface area (Å²) in [6.07, 6.45) is 6.29. The van der Waals surface area contributed by atoms with Crippen molar-refractivity contribution in [2.24, 2.45) is 5.92 Å². The van der Waals surface area contributed by atoms with E-state index in [-0.39, 0.29) is 30.6 Å². The molecule has 0 radical (unpaired) electrons. The van der Waals surface area contributed by atoms with Crippen LogP contribution in [0.15, 0.2) is 53.2 Å². The second-order valence-corrected chi connectivity index (χ2v) is 11.0. The molecule has 7 heteroatoms. The van der Waals surface area contributed by atoms with Gasteiger partial charge in [-0.3, -0.25) is 9.78 Å². The van der Waals surface area contributed by atoms with Crippen molar-refractivity contribution in [3.05, 3.63) is 65.7 Å². The molecule has 5 nitrogen and oxygen atoms in total. The minimum Gasteiger partial charge on any atom is -0.359 e. The van der Waals surface area contributed by atoms with Crippen molar-refractivity contribution < 1.29 is 18.1 Å². The molecule has 0 unspecified atom stereocenters. The van der Waals surface area contributed by atoms with Crippen LogP contribution in [0.2, 0.25) is 0 Å². The lowest BCUT2D eigenvalue weighted by Gasteiger charge is -2.28. The molecule has 0 spiro atoms. The first-order chi connectivity index (χ1) is 17.1. The van der Waals surface area contributed by atoms with Crippen LogP contribution in [-0.4, -0.2) is 22.0 Å². The molecule has 1 amide bonds. The zero-order chi connectivity index (χ0) is 25.8. The Morgan fingerprint density at radius 2 is 1.78 bits per heavy atom. The maximum absolute atomic E-state index is 13.3. The number of hydrogen-bond donors (Lipinski definition) is 1. The molecule has 0 atom stereocenters. The number of alkyl halides is 2. The molecule has 1 aromatic carbocycles. The highest BCUT2D eigenvalue weighted by molar-refractivity contribution is 5.91. The van der Waals surface area contributed by atoms with E-state index in [9.17, 15) is 13.6 Å². The van der Waals surface area contributed by atoms with E-state index in [0.717, 1.165) is 47.4 Å². The first-order valence-corrected chi connectivity index (χ1v) is 12.8. The van der Waals surface area contributed by atoms with Crippen LogP contribution in [-0.2, 0) is 23.1 Å². The molecular weight excluding hydrogens is 460 g/mol. The fourth-order valence-electron chi connectivity index (χ4n) is 4.58. The normalized spacial score (nSPS) is 16.1. The number of hydrogen-bond acceptors (Lipinski definition) is 4. The summed E-state index contributed by atoms with van der Waals surface area (Å²) >= 11 is 0. The highest BCUT2D eigenvalue weighted by Crippen LogP contribution is 2.38. The number of benzene rings is 1. The van der Waals surface area contributed by atoms with E-state index < -0.39 is 5.92 Å². The van der Waals surface area contributed by atoms with Crippen LogP contribution in [0, 0.1) is 5.92 Å². The summed E-state index contributed by atoms with van der Waals surface area (Å²) < 4.78 is 31.9. The number of aromatic nitrogens is 2. The average molecular weight is 496 g/mol. The molecule has 1 aliphatic rings. The van der Waals surface area contributed by atoms with E-state index in [1.165, 1.54) is 0 Å². The Morgan fingerprint density at radius 1 is 1.08 bits per heavy atom. The highest BCUT2D eigenvalue weighted by Gasteiger charge is 2.34. The minimum atomic E-state index is -2.45. The molecule has 2 aromatic heterocycles. The van der Waals surface area contributed by atoms with Gasteiger partial charge in [0.25, 0.3) is 0 Å². The predicted molar refractivity (Wildman–Crippen MR) is 137 cm³/mol. The van der Waals surface area contributed by atoms with Gasteiger partial charge >= 0.3 is 0 Å². The molecule has 192 valence electrons. The van der Waals surface area contributed by atoms with Crippen LogP contribution < -0.4 is 5.32 Å². The van der Waals surface area contributed by atoms with Gasteiger partial charge in [0.15, 0.2) is 5.82 Å². The topological polar surface area (TPSA) is 68.0 Å². The van der Waals surface area contributed by atoms with Crippen LogP contribution in [0.5, 0.6) is 0 Å². The standard InChI is InChI=1S/C29H35F2N3O2/c1-28(2,3)25-18-26(34-36-25)33-27(35)17-21-7-9-22(10-8-21)23-11-12-24(32-19-23)6-4-5-20-13-15-29(30,31)16-14-20/h7-12,18-20H,4-6,13-17H2,1-3H3,(H,33,34,35). The summed E-state index contributed by atoms with van der Waals surface area (Å²) in [5, 5.41) is 6.72. The molecule has 4 rings (SSSR count).